The monoisotopic (exact) mass is 224 g/mol. The minimum Gasteiger partial charge on any atom is -0.466 e. The van der Waals surface area contributed by atoms with E-state index in [0.717, 1.165) is 17.6 Å². The quantitative estimate of drug-likeness (QED) is 0.484. The van der Waals surface area contributed by atoms with Crippen molar-refractivity contribution in [1.29, 1.82) is 0 Å². The van der Waals surface area contributed by atoms with Crippen LogP contribution >= 0.6 is 0 Å². The van der Waals surface area contributed by atoms with Crippen LogP contribution in [0.1, 0.15) is 47.0 Å². The van der Waals surface area contributed by atoms with Crippen molar-refractivity contribution in [3.8, 4) is 0 Å². The Morgan fingerprint density at radius 3 is 1.81 bits per heavy atom. The summed E-state index contributed by atoms with van der Waals surface area (Å²) in [4.78, 5) is 12.1. The predicted molar refractivity (Wildman–Crippen MR) is 68.2 cm³/mol. The largest absolute Gasteiger partial charge is 0.466 e. The molecule has 0 saturated carbocycles. The Labute approximate surface area is 99.4 Å². The minimum absolute atomic E-state index is 0.122. The van der Waals surface area contributed by atoms with Gasteiger partial charge in [-0.2, -0.15) is 0 Å². The fourth-order valence-electron chi connectivity index (χ4n) is 2.04. The van der Waals surface area contributed by atoms with Gasteiger partial charge < -0.3 is 4.74 Å². The molecule has 0 radical (unpaired) electrons. The van der Waals surface area contributed by atoms with Crippen LogP contribution in [0, 0.1) is 5.41 Å². The lowest BCUT2D eigenvalue weighted by Gasteiger charge is -2.30. The van der Waals surface area contributed by atoms with E-state index in [1.54, 1.807) is 0 Å². The van der Waals surface area contributed by atoms with Gasteiger partial charge in [-0.25, -0.2) is 0 Å². The van der Waals surface area contributed by atoms with Crippen LogP contribution in [-0.2, 0) is 9.53 Å². The summed E-state index contributed by atoms with van der Waals surface area (Å²) in [6.45, 7) is 16.0. The molecule has 2 heteroatoms. The third kappa shape index (κ3) is 4.21. The van der Waals surface area contributed by atoms with Gasteiger partial charge in [0.2, 0.25) is 0 Å². The topological polar surface area (TPSA) is 26.3 Å². The van der Waals surface area contributed by atoms with Crippen molar-refractivity contribution in [2.75, 3.05) is 6.61 Å². The number of ether oxygens (including phenoxy) is 1. The highest BCUT2D eigenvalue weighted by atomic mass is 16.5. The van der Waals surface area contributed by atoms with Crippen molar-refractivity contribution < 1.29 is 9.53 Å². The summed E-state index contributed by atoms with van der Waals surface area (Å²) in [5.41, 5.74) is 1.56. The summed E-state index contributed by atoms with van der Waals surface area (Å²) in [5.74, 6) is -0.122. The summed E-state index contributed by atoms with van der Waals surface area (Å²) >= 11 is 0. The van der Waals surface area contributed by atoms with Crippen LogP contribution in [0.3, 0.4) is 0 Å². The van der Waals surface area contributed by atoms with E-state index in [9.17, 15) is 4.79 Å². The van der Waals surface area contributed by atoms with Crippen LogP contribution in [0.2, 0.25) is 0 Å². The van der Waals surface area contributed by atoms with E-state index in [2.05, 4.69) is 13.2 Å². The van der Waals surface area contributed by atoms with Crippen molar-refractivity contribution in [2.24, 2.45) is 5.41 Å². The second kappa shape index (κ2) is 6.51. The number of rotatable bonds is 7. The van der Waals surface area contributed by atoms with Crippen molar-refractivity contribution in [1.82, 2.24) is 0 Å². The van der Waals surface area contributed by atoms with Crippen LogP contribution in [0.15, 0.2) is 24.3 Å². The third-order valence-corrected chi connectivity index (χ3v) is 2.67. The molecular formula is C14H24O2. The first-order valence-corrected chi connectivity index (χ1v) is 5.84. The van der Waals surface area contributed by atoms with Crippen molar-refractivity contribution in [3.63, 3.8) is 0 Å². The molecule has 0 N–H and O–H groups in total. The number of hydrogen-bond donors (Lipinski definition) is 0. The van der Waals surface area contributed by atoms with E-state index in [4.69, 9.17) is 4.74 Å². The lowest BCUT2D eigenvalue weighted by atomic mass is 9.75. The Morgan fingerprint density at radius 1 is 1.12 bits per heavy atom. The summed E-state index contributed by atoms with van der Waals surface area (Å²) < 4.78 is 5.18. The molecule has 0 bridgehead atoms. The molecule has 0 saturated heterocycles. The first-order chi connectivity index (χ1) is 7.38. The molecule has 0 unspecified atom stereocenters. The lowest BCUT2D eigenvalue weighted by Crippen LogP contribution is -2.33. The average molecular weight is 224 g/mol. The molecule has 0 heterocycles. The van der Waals surface area contributed by atoms with Gasteiger partial charge in [-0.05, 0) is 40.0 Å². The van der Waals surface area contributed by atoms with Crippen LogP contribution in [0.5, 0.6) is 0 Å². The maximum absolute atomic E-state index is 12.1. The van der Waals surface area contributed by atoms with Gasteiger partial charge in [-0.3, -0.25) is 4.79 Å². The van der Waals surface area contributed by atoms with Crippen molar-refractivity contribution in [3.05, 3.63) is 24.3 Å². The van der Waals surface area contributed by atoms with Gasteiger partial charge in [0.05, 0.1) is 12.0 Å². The highest BCUT2D eigenvalue weighted by molar-refractivity contribution is 5.77. The number of esters is 1. The van der Waals surface area contributed by atoms with E-state index >= 15 is 0 Å². The Hall–Kier alpha value is -1.05. The molecule has 0 aliphatic carbocycles. The second-order valence-electron chi connectivity index (χ2n) is 4.62. The molecule has 0 aliphatic rings. The van der Waals surface area contributed by atoms with Crippen molar-refractivity contribution >= 4 is 5.97 Å². The van der Waals surface area contributed by atoms with E-state index < -0.39 is 5.41 Å². The average Bonchev–Trinajstić information content (AvgIpc) is 2.15. The fourth-order valence-corrected chi connectivity index (χ4v) is 2.04. The molecule has 0 aromatic carbocycles. The van der Waals surface area contributed by atoms with E-state index in [-0.39, 0.29) is 5.97 Å². The number of carbonyl (C=O) groups excluding carboxylic acids is 1. The normalized spacial score (nSPS) is 11.0. The molecule has 0 aliphatic heterocycles. The minimum atomic E-state index is -0.465. The molecule has 0 aromatic heterocycles. The van der Waals surface area contributed by atoms with Crippen LogP contribution in [-0.4, -0.2) is 12.6 Å². The van der Waals surface area contributed by atoms with Crippen LogP contribution in [0.25, 0.3) is 0 Å². The first-order valence-electron chi connectivity index (χ1n) is 5.84. The van der Waals surface area contributed by atoms with E-state index in [0.29, 0.717) is 19.4 Å². The number of carbonyl (C=O) groups is 1. The van der Waals surface area contributed by atoms with Gasteiger partial charge in [0.15, 0.2) is 0 Å². The Balaban J connectivity index is 5.00. The zero-order chi connectivity index (χ0) is 12.8. The van der Waals surface area contributed by atoms with Gasteiger partial charge in [0.1, 0.15) is 0 Å². The second-order valence-corrected chi connectivity index (χ2v) is 4.62. The standard InChI is InChI=1S/C14H24O2/c1-7-14(9-11(3)4,10-12(5)6)13(15)16-8-2/h3,5,7-10H2,1-2,4,6H3. The molecule has 0 atom stereocenters. The Morgan fingerprint density at radius 2 is 1.56 bits per heavy atom. The maximum Gasteiger partial charge on any atom is 0.312 e. The molecule has 0 aromatic rings. The zero-order valence-corrected chi connectivity index (χ0v) is 11.1. The van der Waals surface area contributed by atoms with Gasteiger partial charge >= 0.3 is 5.97 Å². The Bertz CT molecular complexity index is 260. The van der Waals surface area contributed by atoms with Gasteiger partial charge in [-0.15, -0.1) is 13.2 Å². The van der Waals surface area contributed by atoms with E-state index in [1.807, 2.05) is 27.7 Å². The number of hydrogen-bond acceptors (Lipinski definition) is 2. The Kier molecular flexibility index (Phi) is 6.09. The summed E-state index contributed by atoms with van der Waals surface area (Å²) in [7, 11) is 0. The highest BCUT2D eigenvalue weighted by Gasteiger charge is 2.37. The third-order valence-electron chi connectivity index (χ3n) is 2.67. The maximum atomic E-state index is 12.1. The molecular weight excluding hydrogens is 200 g/mol. The summed E-state index contributed by atoms with van der Waals surface area (Å²) in [6.07, 6.45) is 2.11. The smallest absolute Gasteiger partial charge is 0.312 e. The summed E-state index contributed by atoms with van der Waals surface area (Å²) in [6, 6.07) is 0. The van der Waals surface area contributed by atoms with Gasteiger partial charge in [0.25, 0.3) is 0 Å². The lowest BCUT2D eigenvalue weighted by molar-refractivity contribution is -0.155. The molecule has 92 valence electrons. The first kappa shape index (κ1) is 14.9. The van der Waals surface area contributed by atoms with Crippen molar-refractivity contribution in [2.45, 2.75) is 47.0 Å². The molecule has 0 fully saturated rings. The van der Waals surface area contributed by atoms with Crippen LogP contribution < -0.4 is 0 Å². The SMILES string of the molecule is C=C(C)CC(CC)(CC(=C)C)C(=O)OCC. The molecule has 16 heavy (non-hydrogen) atoms. The molecule has 0 amide bonds. The summed E-state index contributed by atoms with van der Waals surface area (Å²) in [5, 5.41) is 0. The number of allylic oxidation sites excluding steroid dienone is 2. The molecule has 0 rings (SSSR count). The van der Waals surface area contributed by atoms with Gasteiger partial charge in [-0.1, -0.05) is 18.1 Å². The molecule has 2 nitrogen and oxygen atoms in total. The zero-order valence-electron chi connectivity index (χ0n) is 11.1. The fraction of sp³-hybridized carbons (Fsp3) is 0.643. The highest BCUT2D eigenvalue weighted by Crippen LogP contribution is 2.37. The molecule has 0 spiro atoms. The van der Waals surface area contributed by atoms with Crippen LogP contribution in [0.4, 0.5) is 0 Å². The van der Waals surface area contributed by atoms with Gasteiger partial charge in [0, 0.05) is 0 Å². The van der Waals surface area contributed by atoms with E-state index in [1.165, 1.54) is 0 Å². The predicted octanol–water partition coefficient (Wildman–Crippen LogP) is 3.88.